The maximum absolute atomic E-state index is 12.5. The molecule has 0 atom stereocenters. The second-order valence-corrected chi connectivity index (χ2v) is 8.45. The average Bonchev–Trinajstić information content (AvgIpc) is 3.44. The van der Waals surface area contributed by atoms with Crippen molar-refractivity contribution in [2.45, 2.75) is 6.92 Å². The van der Waals surface area contributed by atoms with Crippen LogP contribution in [0.25, 0.3) is 22.8 Å². The summed E-state index contributed by atoms with van der Waals surface area (Å²) < 4.78 is 0. The molecule has 0 aliphatic carbocycles. The van der Waals surface area contributed by atoms with Crippen LogP contribution in [-0.2, 0) is 4.79 Å². The van der Waals surface area contributed by atoms with E-state index in [1.807, 2.05) is 73.8 Å². The SMILES string of the molecule is Cc1cc(Cl)ccc1NC(=O)Nc1ccc(-c2ccc3c(c2)NC(=O)/C3=C\c2ccc[nH]2)cc1. The van der Waals surface area contributed by atoms with E-state index in [-0.39, 0.29) is 11.9 Å². The average molecular weight is 469 g/mol. The first-order chi connectivity index (χ1) is 16.5. The van der Waals surface area contributed by atoms with Gasteiger partial charge in [0.05, 0.1) is 5.57 Å². The number of halogens is 1. The second-order valence-electron chi connectivity index (χ2n) is 8.01. The summed E-state index contributed by atoms with van der Waals surface area (Å²) in [4.78, 5) is 27.9. The Labute approximate surface area is 201 Å². The largest absolute Gasteiger partial charge is 0.362 e. The third-order valence-corrected chi connectivity index (χ3v) is 5.87. The zero-order valence-electron chi connectivity index (χ0n) is 18.3. The maximum Gasteiger partial charge on any atom is 0.323 e. The molecular formula is C27H21ClN4O2. The molecule has 6 nitrogen and oxygen atoms in total. The maximum atomic E-state index is 12.5. The molecule has 3 amide bonds. The molecule has 7 heteroatoms. The molecule has 0 saturated carbocycles. The van der Waals surface area contributed by atoms with Gasteiger partial charge in [0.15, 0.2) is 0 Å². The number of aromatic nitrogens is 1. The van der Waals surface area contributed by atoms with Crippen molar-refractivity contribution in [2.24, 2.45) is 0 Å². The molecule has 0 fully saturated rings. The molecular weight excluding hydrogens is 448 g/mol. The zero-order valence-corrected chi connectivity index (χ0v) is 19.0. The van der Waals surface area contributed by atoms with Crippen LogP contribution in [0.3, 0.4) is 0 Å². The molecule has 4 aromatic rings. The number of amides is 3. The molecule has 0 unspecified atom stereocenters. The third kappa shape index (κ3) is 4.44. The number of fused-ring (bicyclic) bond motifs is 1. The number of H-pyrrole nitrogens is 1. The predicted molar refractivity (Wildman–Crippen MR) is 138 cm³/mol. The van der Waals surface area contributed by atoms with Crippen LogP contribution in [0.1, 0.15) is 16.8 Å². The van der Waals surface area contributed by atoms with E-state index in [9.17, 15) is 9.59 Å². The monoisotopic (exact) mass is 468 g/mol. The van der Waals surface area contributed by atoms with Crippen molar-refractivity contribution in [2.75, 3.05) is 16.0 Å². The Balaban J connectivity index is 1.30. The molecule has 1 aliphatic rings. The lowest BCUT2D eigenvalue weighted by Gasteiger charge is -2.11. The van der Waals surface area contributed by atoms with Crippen molar-refractivity contribution in [3.05, 3.63) is 101 Å². The van der Waals surface area contributed by atoms with E-state index in [1.54, 1.807) is 18.2 Å². The van der Waals surface area contributed by atoms with Gasteiger partial charge in [-0.05, 0) is 78.2 Å². The van der Waals surface area contributed by atoms with Gasteiger partial charge in [-0.3, -0.25) is 4.79 Å². The first-order valence-electron chi connectivity index (χ1n) is 10.7. The Hall–Kier alpha value is -4.29. The summed E-state index contributed by atoms with van der Waals surface area (Å²) in [6.45, 7) is 1.88. The van der Waals surface area contributed by atoms with Crippen LogP contribution in [0, 0.1) is 6.92 Å². The van der Waals surface area contributed by atoms with Gasteiger partial charge in [0.2, 0.25) is 0 Å². The summed E-state index contributed by atoms with van der Waals surface area (Å²) in [5.41, 5.74) is 7.34. The van der Waals surface area contributed by atoms with Gasteiger partial charge in [-0.25, -0.2) is 4.79 Å². The zero-order chi connectivity index (χ0) is 23.7. The summed E-state index contributed by atoms with van der Waals surface area (Å²) in [7, 11) is 0. The standard InChI is InChI=1S/C27H21ClN4O2/c1-16-13-19(28)7-11-24(16)32-27(34)30-20-8-4-17(5-9-20)18-6-10-22-23(15-21-3-2-12-29-21)26(33)31-25(22)14-18/h2-15,29H,1H3,(H,31,33)(H2,30,32,34)/b23-15-. The number of carbonyl (C=O) groups is 2. The van der Waals surface area contributed by atoms with Gasteiger partial charge >= 0.3 is 6.03 Å². The van der Waals surface area contributed by atoms with Gasteiger partial charge < -0.3 is 20.9 Å². The van der Waals surface area contributed by atoms with E-state index in [1.165, 1.54) is 0 Å². The molecule has 0 radical (unpaired) electrons. The number of anilines is 3. The Morgan fingerprint density at radius 1 is 0.941 bits per heavy atom. The van der Waals surface area contributed by atoms with Crippen LogP contribution in [-0.4, -0.2) is 16.9 Å². The van der Waals surface area contributed by atoms with Crippen molar-refractivity contribution >= 4 is 52.3 Å². The molecule has 0 spiro atoms. The highest BCUT2D eigenvalue weighted by atomic mass is 35.5. The van der Waals surface area contributed by atoms with E-state index in [0.29, 0.717) is 22.0 Å². The van der Waals surface area contributed by atoms with E-state index < -0.39 is 0 Å². The molecule has 0 bridgehead atoms. The Kier molecular flexibility index (Phi) is 5.65. The number of nitrogens with one attached hydrogen (secondary N) is 4. The fourth-order valence-electron chi connectivity index (χ4n) is 3.90. The van der Waals surface area contributed by atoms with Crippen molar-refractivity contribution in [1.29, 1.82) is 0 Å². The quantitative estimate of drug-likeness (QED) is 0.249. The van der Waals surface area contributed by atoms with E-state index >= 15 is 0 Å². The number of carbonyl (C=O) groups excluding carboxylic acids is 2. The van der Waals surface area contributed by atoms with Gasteiger partial charge in [0.25, 0.3) is 5.91 Å². The highest BCUT2D eigenvalue weighted by Crippen LogP contribution is 2.36. The molecule has 168 valence electrons. The highest BCUT2D eigenvalue weighted by molar-refractivity contribution is 6.35. The van der Waals surface area contributed by atoms with E-state index in [4.69, 9.17) is 11.6 Å². The highest BCUT2D eigenvalue weighted by Gasteiger charge is 2.24. The van der Waals surface area contributed by atoms with Crippen LogP contribution >= 0.6 is 11.6 Å². The number of urea groups is 1. The number of benzene rings is 3. The van der Waals surface area contributed by atoms with Gasteiger partial charge in [0.1, 0.15) is 0 Å². The molecule has 0 saturated heterocycles. The number of aryl methyl sites for hydroxylation is 1. The van der Waals surface area contributed by atoms with Crippen LogP contribution in [0.15, 0.2) is 79.0 Å². The van der Waals surface area contributed by atoms with Crippen molar-refractivity contribution in [1.82, 2.24) is 4.98 Å². The van der Waals surface area contributed by atoms with Gasteiger partial charge in [-0.15, -0.1) is 0 Å². The first kappa shape index (κ1) is 21.6. The third-order valence-electron chi connectivity index (χ3n) is 5.64. The molecule has 3 aromatic carbocycles. The fourth-order valence-corrected chi connectivity index (χ4v) is 4.13. The molecule has 5 rings (SSSR count). The first-order valence-corrected chi connectivity index (χ1v) is 11.1. The van der Waals surface area contributed by atoms with Crippen LogP contribution < -0.4 is 16.0 Å². The molecule has 1 aliphatic heterocycles. The topological polar surface area (TPSA) is 86.0 Å². The van der Waals surface area contributed by atoms with Gasteiger partial charge in [-0.2, -0.15) is 0 Å². The summed E-state index contributed by atoms with van der Waals surface area (Å²) in [6, 6.07) is 22.2. The number of rotatable bonds is 4. The van der Waals surface area contributed by atoms with Crippen molar-refractivity contribution in [3.8, 4) is 11.1 Å². The van der Waals surface area contributed by atoms with Gasteiger partial charge in [-0.1, -0.05) is 35.9 Å². The molecule has 1 aromatic heterocycles. The molecule has 2 heterocycles. The normalized spacial score (nSPS) is 13.5. The van der Waals surface area contributed by atoms with Crippen LogP contribution in [0.4, 0.5) is 21.9 Å². The lowest BCUT2D eigenvalue weighted by Crippen LogP contribution is -2.19. The van der Waals surface area contributed by atoms with Crippen molar-refractivity contribution < 1.29 is 9.59 Å². The fraction of sp³-hybridized carbons (Fsp3) is 0.0370. The lowest BCUT2D eigenvalue weighted by atomic mass is 10.00. The van der Waals surface area contributed by atoms with Crippen LogP contribution in [0.5, 0.6) is 0 Å². The minimum atomic E-state index is -0.334. The minimum absolute atomic E-state index is 0.122. The Morgan fingerprint density at radius 3 is 2.47 bits per heavy atom. The summed E-state index contributed by atoms with van der Waals surface area (Å²) >= 11 is 5.97. The Morgan fingerprint density at radius 2 is 1.74 bits per heavy atom. The summed E-state index contributed by atoms with van der Waals surface area (Å²) in [5.74, 6) is -0.122. The van der Waals surface area contributed by atoms with Crippen molar-refractivity contribution in [3.63, 3.8) is 0 Å². The summed E-state index contributed by atoms with van der Waals surface area (Å²) in [5, 5.41) is 9.23. The Bertz CT molecular complexity index is 1420. The molecule has 4 N–H and O–H groups in total. The number of hydrogen-bond acceptors (Lipinski definition) is 2. The molecule has 34 heavy (non-hydrogen) atoms. The minimum Gasteiger partial charge on any atom is -0.362 e. The lowest BCUT2D eigenvalue weighted by molar-refractivity contribution is -0.110. The van der Waals surface area contributed by atoms with E-state index in [2.05, 4.69) is 20.9 Å². The predicted octanol–water partition coefficient (Wildman–Crippen LogP) is 6.78. The number of aromatic amines is 1. The summed E-state index contributed by atoms with van der Waals surface area (Å²) in [6.07, 6.45) is 3.67. The number of hydrogen-bond donors (Lipinski definition) is 4. The van der Waals surface area contributed by atoms with Crippen LogP contribution in [0.2, 0.25) is 5.02 Å². The second kappa shape index (κ2) is 8.92. The van der Waals surface area contributed by atoms with E-state index in [0.717, 1.165) is 33.6 Å². The van der Waals surface area contributed by atoms with Gasteiger partial charge in [0, 0.05) is 39.5 Å². The smallest absolute Gasteiger partial charge is 0.323 e.